The molecule has 0 saturated heterocycles. The maximum atomic E-state index is 14.0. The molecule has 4 rings (SSSR count). The number of amides is 2. The minimum absolute atomic E-state index is 0.304. The lowest BCUT2D eigenvalue weighted by atomic mass is 9.81. The Labute approximate surface area is 193 Å². The average Bonchev–Trinajstić information content (AvgIpc) is 3.45. The van der Waals surface area contributed by atoms with Gasteiger partial charge in [-0.05, 0) is 23.6 Å². The molecule has 2 N–H and O–H groups in total. The van der Waals surface area contributed by atoms with E-state index in [0.29, 0.717) is 5.70 Å². The summed E-state index contributed by atoms with van der Waals surface area (Å²) in [5.41, 5.74) is 1.07. The van der Waals surface area contributed by atoms with Gasteiger partial charge in [-0.15, -0.1) is 0 Å². The largest absolute Gasteiger partial charge is 0.340 e. The molecule has 2 amide bonds. The molecule has 0 aliphatic heterocycles. The van der Waals surface area contributed by atoms with Crippen LogP contribution in [0.3, 0.4) is 0 Å². The topological polar surface area (TPSA) is 82.0 Å². The number of allylic oxidation sites excluding steroid dienone is 2. The highest BCUT2D eigenvalue weighted by molar-refractivity contribution is 6.02. The molecule has 2 atom stereocenters. The summed E-state index contributed by atoms with van der Waals surface area (Å²) in [5, 5.41) is 15.0. The van der Waals surface area contributed by atoms with Crippen molar-refractivity contribution < 1.29 is 9.59 Å². The van der Waals surface area contributed by atoms with E-state index in [9.17, 15) is 9.59 Å². The fourth-order valence-corrected chi connectivity index (χ4v) is 5.20. The van der Waals surface area contributed by atoms with Gasteiger partial charge < -0.3 is 10.6 Å². The molecule has 0 radical (unpaired) electrons. The SMILES string of the molecule is CC(=O)N[C@]1(C(=O)N/C(C)=C/C#N)[C@H](c2ccccc2)C1(c1ccccc1)c1ccccc1. The maximum Gasteiger partial charge on any atom is 0.251 e. The lowest BCUT2D eigenvalue weighted by Gasteiger charge is -2.27. The molecule has 0 spiro atoms. The van der Waals surface area contributed by atoms with E-state index in [1.54, 1.807) is 6.92 Å². The highest BCUT2D eigenvalue weighted by atomic mass is 16.2. The summed E-state index contributed by atoms with van der Waals surface area (Å²) in [6.45, 7) is 3.09. The number of hydrogen-bond donors (Lipinski definition) is 2. The van der Waals surface area contributed by atoms with Gasteiger partial charge in [-0.2, -0.15) is 5.26 Å². The fraction of sp³-hybridized carbons (Fsp3) is 0.179. The molecule has 3 aromatic rings. The van der Waals surface area contributed by atoms with Crippen molar-refractivity contribution in [2.24, 2.45) is 0 Å². The predicted molar refractivity (Wildman–Crippen MR) is 127 cm³/mol. The lowest BCUT2D eigenvalue weighted by molar-refractivity contribution is -0.129. The Hall–Kier alpha value is -4.17. The Morgan fingerprint density at radius 1 is 0.848 bits per heavy atom. The minimum atomic E-state index is -1.30. The second-order valence-electron chi connectivity index (χ2n) is 8.28. The Kier molecular flexibility index (Phi) is 5.85. The van der Waals surface area contributed by atoms with E-state index in [1.165, 1.54) is 13.0 Å². The summed E-state index contributed by atoms with van der Waals surface area (Å²) in [7, 11) is 0. The first-order valence-electron chi connectivity index (χ1n) is 10.8. The van der Waals surface area contributed by atoms with Gasteiger partial charge >= 0.3 is 0 Å². The average molecular weight is 436 g/mol. The summed E-state index contributed by atoms with van der Waals surface area (Å²) >= 11 is 0. The first-order valence-corrected chi connectivity index (χ1v) is 10.8. The molecule has 164 valence electrons. The summed E-state index contributed by atoms with van der Waals surface area (Å²) in [4.78, 5) is 26.6. The second-order valence-corrected chi connectivity index (χ2v) is 8.28. The van der Waals surface area contributed by atoms with Crippen LogP contribution in [0.25, 0.3) is 0 Å². The third-order valence-corrected chi connectivity index (χ3v) is 6.32. The van der Waals surface area contributed by atoms with Crippen molar-refractivity contribution in [3.8, 4) is 6.07 Å². The zero-order valence-corrected chi connectivity index (χ0v) is 18.6. The molecular formula is C28H25N3O2. The highest BCUT2D eigenvalue weighted by Crippen LogP contribution is 2.71. The molecule has 1 saturated carbocycles. The monoisotopic (exact) mass is 435 g/mol. The normalized spacial score (nSPS) is 20.9. The van der Waals surface area contributed by atoms with Gasteiger partial charge in [0.1, 0.15) is 5.54 Å². The summed E-state index contributed by atoms with van der Waals surface area (Å²) in [6, 6.07) is 31.3. The van der Waals surface area contributed by atoms with Gasteiger partial charge in [0.05, 0.1) is 11.5 Å². The van der Waals surface area contributed by atoms with Gasteiger partial charge in [-0.25, -0.2) is 0 Å². The van der Waals surface area contributed by atoms with Crippen LogP contribution < -0.4 is 10.6 Å². The van der Waals surface area contributed by atoms with E-state index in [-0.39, 0.29) is 17.7 Å². The van der Waals surface area contributed by atoms with Crippen molar-refractivity contribution in [3.63, 3.8) is 0 Å². The van der Waals surface area contributed by atoms with Gasteiger partial charge in [0.25, 0.3) is 5.91 Å². The van der Waals surface area contributed by atoms with Crippen LogP contribution in [0.15, 0.2) is 103 Å². The van der Waals surface area contributed by atoms with Crippen LogP contribution in [0.1, 0.15) is 36.5 Å². The van der Waals surface area contributed by atoms with E-state index < -0.39 is 11.0 Å². The Morgan fingerprint density at radius 3 is 1.79 bits per heavy atom. The van der Waals surface area contributed by atoms with Crippen LogP contribution >= 0.6 is 0 Å². The van der Waals surface area contributed by atoms with Crippen molar-refractivity contribution in [1.82, 2.24) is 10.6 Å². The molecule has 1 aliphatic carbocycles. The molecule has 0 unspecified atom stereocenters. The number of nitrogens with one attached hydrogen (secondary N) is 2. The first kappa shape index (κ1) is 22.0. The van der Waals surface area contributed by atoms with Gasteiger partial charge in [-0.1, -0.05) is 91.0 Å². The third kappa shape index (κ3) is 3.50. The van der Waals surface area contributed by atoms with Crippen LogP contribution in [0, 0.1) is 11.3 Å². The minimum Gasteiger partial charge on any atom is -0.340 e. The molecule has 33 heavy (non-hydrogen) atoms. The Morgan fingerprint density at radius 2 is 1.33 bits per heavy atom. The third-order valence-electron chi connectivity index (χ3n) is 6.32. The van der Waals surface area contributed by atoms with Crippen LogP contribution in [-0.2, 0) is 15.0 Å². The smallest absolute Gasteiger partial charge is 0.251 e. The number of rotatable bonds is 6. The van der Waals surface area contributed by atoms with Gasteiger partial charge in [0.2, 0.25) is 5.91 Å². The number of carbonyl (C=O) groups excluding carboxylic acids is 2. The van der Waals surface area contributed by atoms with E-state index in [2.05, 4.69) is 10.6 Å². The summed E-state index contributed by atoms with van der Waals surface area (Å²) < 4.78 is 0. The fourth-order valence-electron chi connectivity index (χ4n) is 5.20. The van der Waals surface area contributed by atoms with Crippen LogP contribution in [0.5, 0.6) is 0 Å². The maximum absolute atomic E-state index is 14.0. The van der Waals surface area contributed by atoms with E-state index in [0.717, 1.165) is 16.7 Å². The zero-order chi connectivity index (χ0) is 23.5. The van der Waals surface area contributed by atoms with Crippen LogP contribution in [0.4, 0.5) is 0 Å². The van der Waals surface area contributed by atoms with Crippen molar-refractivity contribution in [1.29, 1.82) is 5.26 Å². The molecule has 1 aliphatic rings. The molecule has 0 bridgehead atoms. The molecular weight excluding hydrogens is 410 g/mol. The molecule has 5 heteroatoms. The molecule has 0 aromatic heterocycles. The van der Waals surface area contributed by atoms with Crippen LogP contribution in [-0.4, -0.2) is 17.4 Å². The van der Waals surface area contributed by atoms with Crippen LogP contribution in [0.2, 0.25) is 0 Å². The van der Waals surface area contributed by atoms with Gasteiger partial charge in [0, 0.05) is 24.6 Å². The number of carbonyl (C=O) groups is 2. The second kappa shape index (κ2) is 8.76. The quantitative estimate of drug-likeness (QED) is 0.570. The Balaban J connectivity index is 2.04. The molecule has 1 fully saturated rings. The zero-order valence-electron chi connectivity index (χ0n) is 18.6. The van der Waals surface area contributed by atoms with E-state index in [1.807, 2.05) is 97.1 Å². The lowest BCUT2D eigenvalue weighted by Crippen LogP contribution is -2.53. The van der Waals surface area contributed by atoms with Crippen molar-refractivity contribution in [2.45, 2.75) is 30.7 Å². The number of hydrogen-bond acceptors (Lipinski definition) is 3. The van der Waals surface area contributed by atoms with E-state index >= 15 is 0 Å². The van der Waals surface area contributed by atoms with Gasteiger partial charge in [-0.3, -0.25) is 9.59 Å². The number of benzene rings is 3. The summed E-state index contributed by atoms with van der Waals surface area (Å²) in [5.74, 6) is -1.03. The molecule has 5 nitrogen and oxygen atoms in total. The highest BCUT2D eigenvalue weighted by Gasteiger charge is 2.82. The standard InChI is InChI=1S/C28H25N3O2/c1-20(18-19-29)30-26(33)28(31-21(2)32)25(22-12-6-3-7-13-22)27(28,23-14-8-4-9-15-23)24-16-10-5-11-17-24/h3-18,25H,1-2H3,(H,30,33)(H,31,32)/b20-18+/t25-,28+/m1/s1. The number of nitriles is 1. The molecule has 0 heterocycles. The van der Waals surface area contributed by atoms with Crippen molar-refractivity contribution in [3.05, 3.63) is 119 Å². The van der Waals surface area contributed by atoms with Gasteiger partial charge in [0.15, 0.2) is 0 Å². The first-order chi connectivity index (χ1) is 16.0. The van der Waals surface area contributed by atoms with E-state index in [4.69, 9.17) is 5.26 Å². The van der Waals surface area contributed by atoms with Crippen molar-refractivity contribution in [2.75, 3.05) is 0 Å². The predicted octanol–water partition coefficient (Wildman–Crippen LogP) is 4.19. The molecule has 3 aromatic carbocycles. The van der Waals surface area contributed by atoms with Crippen molar-refractivity contribution >= 4 is 11.8 Å². The Bertz CT molecular complexity index is 1190. The number of nitrogens with zero attached hydrogens (tertiary/aromatic N) is 1. The summed E-state index contributed by atoms with van der Waals surface area (Å²) in [6.07, 6.45) is 1.28.